The van der Waals surface area contributed by atoms with Crippen LogP contribution in [0.3, 0.4) is 0 Å². The van der Waals surface area contributed by atoms with Crippen molar-refractivity contribution >= 4 is 17.5 Å². The lowest BCUT2D eigenvalue weighted by atomic mass is 10.0. The number of nitrogens with zero attached hydrogens (tertiary/aromatic N) is 2. The van der Waals surface area contributed by atoms with Crippen LogP contribution in [-0.4, -0.2) is 48.4 Å². The molecule has 0 fully saturated rings. The molecule has 8 nitrogen and oxygen atoms in total. The van der Waals surface area contributed by atoms with Gasteiger partial charge in [0.1, 0.15) is 11.9 Å². The van der Waals surface area contributed by atoms with Gasteiger partial charge >= 0.3 is 0 Å². The molecular formula is C26H29N3O5. The molecule has 178 valence electrons. The average Bonchev–Trinajstić information content (AvgIpc) is 3.34. The molecule has 0 aliphatic carbocycles. The van der Waals surface area contributed by atoms with E-state index in [1.165, 1.54) is 4.90 Å². The van der Waals surface area contributed by atoms with Crippen LogP contribution >= 0.6 is 0 Å². The zero-order valence-electron chi connectivity index (χ0n) is 19.8. The first-order chi connectivity index (χ1) is 16.4. The van der Waals surface area contributed by atoms with Gasteiger partial charge in [-0.15, -0.1) is 0 Å². The first-order valence-corrected chi connectivity index (χ1v) is 11.2. The van der Waals surface area contributed by atoms with E-state index in [4.69, 9.17) is 13.9 Å². The van der Waals surface area contributed by atoms with Crippen molar-refractivity contribution in [3.8, 4) is 11.5 Å². The molecule has 1 aliphatic heterocycles. The summed E-state index contributed by atoms with van der Waals surface area (Å²) >= 11 is 0. The van der Waals surface area contributed by atoms with Gasteiger partial charge in [0.05, 0.1) is 25.0 Å². The van der Waals surface area contributed by atoms with Gasteiger partial charge in [-0.2, -0.15) is 0 Å². The van der Waals surface area contributed by atoms with Crippen LogP contribution in [0.4, 0.5) is 5.69 Å². The summed E-state index contributed by atoms with van der Waals surface area (Å²) < 4.78 is 17.3. The summed E-state index contributed by atoms with van der Waals surface area (Å²) in [7, 11) is 3.37. The van der Waals surface area contributed by atoms with Crippen molar-refractivity contribution in [3.63, 3.8) is 0 Å². The van der Waals surface area contributed by atoms with Crippen LogP contribution in [0.1, 0.15) is 41.7 Å². The molecule has 1 aliphatic rings. The first-order valence-electron chi connectivity index (χ1n) is 11.2. The Balaban J connectivity index is 1.69. The number of nitrogens with one attached hydrogen (secondary N) is 1. The number of hydrogen-bond donors (Lipinski definition) is 1. The molecule has 4 rings (SSSR count). The standard InChI is InChI=1S/C26H29N3O5/c1-5-32-23-15-18(12-13-22(23)34-17(2)25(30)28(3)4)24-27-21-11-7-6-10-20(21)26(31)29(24)16-19-9-8-14-33-19/h6-15,17,24,27H,5,16H2,1-4H3/t17-,24+/m0/s1. The zero-order chi connectivity index (χ0) is 24.2. The Hall–Kier alpha value is -3.94. The quantitative estimate of drug-likeness (QED) is 0.536. The highest BCUT2D eigenvalue weighted by Gasteiger charge is 2.34. The van der Waals surface area contributed by atoms with Crippen molar-refractivity contribution in [2.45, 2.75) is 32.7 Å². The molecule has 0 unspecified atom stereocenters. The molecule has 2 atom stereocenters. The number of rotatable bonds is 8. The average molecular weight is 464 g/mol. The highest BCUT2D eigenvalue weighted by Crippen LogP contribution is 2.38. The SMILES string of the molecule is CCOc1cc([C@@H]2Nc3ccccc3C(=O)N2Cc2ccco2)ccc1O[C@@H](C)C(=O)N(C)C. The number of fused-ring (bicyclic) bond motifs is 1. The van der Waals surface area contributed by atoms with Crippen molar-refractivity contribution in [2.24, 2.45) is 0 Å². The van der Waals surface area contributed by atoms with Crippen molar-refractivity contribution in [1.29, 1.82) is 0 Å². The number of carbonyl (C=O) groups is 2. The summed E-state index contributed by atoms with van der Waals surface area (Å²) in [6, 6.07) is 16.6. The summed E-state index contributed by atoms with van der Waals surface area (Å²) in [6.07, 6.45) is 0.466. The number of para-hydroxylation sites is 1. The van der Waals surface area contributed by atoms with Gasteiger partial charge in [-0.05, 0) is 55.8 Å². The fraction of sp³-hybridized carbons (Fsp3) is 0.308. The third-order valence-corrected chi connectivity index (χ3v) is 5.60. The van der Waals surface area contributed by atoms with E-state index in [0.29, 0.717) is 36.0 Å². The zero-order valence-corrected chi connectivity index (χ0v) is 19.8. The predicted octanol–water partition coefficient (Wildman–Crippen LogP) is 4.30. The largest absolute Gasteiger partial charge is 0.490 e. The monoisotopic (exact) mass is 463 g/mol. The molecule has 0 saturated heterocycles. The molecule has 0 saturated carbocycles. The molecule has 3 aromatic rings. The Morgan fingerprint density at radius 3 is 2.65 bits per heavy atom. The van der Waals surface area contributed by atoms with Crippen LogP contribution in [0.5, 0.6) is 11.5 Å². The third kappa shape index (κ3) is 4.71. The second-order valence-electron chi connectivity index (χ2n) is 8.24. The first kappa shape index (κ1) is 23.2. The summed E-state index contributed by atoms with van der Waals surface area (Å²) in [5.41, 5.74) is 2.18. The number of likely N-dealkylation sites (N-methyl/N-ethyl adjacent to an activating group) is 1. The van der Waals surface area contributed by atoms with Gasteiger partial charge in [-0.25, -0.2) is 0 Å². The maximum atomic E-state index is 13.4. The number of furan rings is 1. The minimum atomic E-state index is -0.670. The number of carbonyl (C=O) groups excluding carboxylic acids is 2. The van der Waals surface area contributed by atoms with Crippen molar-refractivity contribution in [2.75, 3.05) is 26.0 Å². The van der Waals surface area contributed by atoms with Gasteiger partial charge in [0.15, 0.2) is 17.6 Å². The smallest absolute Gasteiger partial charge is 0.262 e. The summed E-state index contributed by atoms with van der Waals surface area (Å²) in [4.78, 5) is 28.9. The Morgan fingerprint density at radius 1 is 1.15 bits per heavy atom. The lowest BCUT2D eigenvalue weighted by Gasteiger charge is -2.38. The minimum absolute atomic E-state index is 0.0979. The number of hydrogen-bond acceptors (Lipinski definition) is 6. The normalized spacial score (nSPS) is 15.8. The Labute approximate surface area is 199 Å². The van der Waals surface area contributed by atoms with Gasteiger partial charge < -0.3 is 29.0 Å². The van der Waals surface area contributed by atoms with E-state index in [0.717, 1.165) is 11.3 Å². The number of ether oxygens (including phenoxy) is 2. The van der Waals surface area contributed by atoms with E-state index < -0.39 is 12.3 Å². The molecule has 2 heterocycles. The Morgan fingerprint density at radius 2 is 1.94 bits per heavy atom. The van der Waals surface area contributed by atoms with Crippen molar-refractivity contribution < 1.29 is 23.5 Å². The van der Waals surface area contributed by atoms with Crippen LogP contribution < -0.4 is 14.8 Å². The van der Waals surface area contributed by atoms with E-state index >= 15 is 0 Å². The molecule has 34 heavy (non-hydrogen) atoms. The van der Waals surface area contributed by atoms with Crippen LogP contribution in [-0.2, 0) is 11.3 Å². The second-order valence-corrected chi connectivity index (χ2v) is 8.24. The number of benzene rings is 2. The number of amides is 2. The van der Waals surface area contributed by atoms with Crippen LogP contribution in [0.25, 0.3) is 0 Å². The van der Waals surface area contributed by atoms with Gasteiger partial charge in [0.2, 0.25) is 0 Å². The summed E-state index contributed by atoms with van der Waals surface area (Å²) in [5, 5.41) is 3.48. The molecule has 0 bridgehead atoms. The molecule has 1 aromatic heterocycles. The Kier molecular flexibility index (Phi) is 6.77. The van der Waals surface area contributed by atoms with E-state index in [2.05, 4.69) is 5.32 Å². The maximum Gasteiger partial charge on any atom is 0.262 e. The fourth-order valence-corrected chi connectivity index (χ4v) is 3.95. The van der Waals surface area contributed by atoms with Gasteiger partial charge in [-0.1, -0.05) is 18.2 Å². The van der Waals surface area contributed by atoms with Crippen molar-refractivity contribution in [3.05, 3.63) is 77.7 Å². The van der Waals surface area contributed by atoms with Crippen LogP contribution in [0.15, 0.2) is 65.3 Å². The number of anilines is 1. The molecule has 2 amide bonds. The van der Waals surface area contributed by atoms with E-state index in [-0.39, 0.29) is 11.8 Å². The van der Waals surface area contributed by atoms with E-state index in [1.54, 1.807) is 44.3 Å². The van der Waals surface area contributed by atoms with Gasteiger partial charge in [0, 0.05) is 19.8 Å². The fourth-order valence-electron chi connectivity index (χ4n) is 3.95. The highest BCUT2D eigenvalue weighted by molar-refractivity contribution is 6.01. The topological polar surface area (TPSA) is 84.2 Å². The highest BCUT2D eigenvalue weighted by atomic mass is 16.5. The lowest BCUT2D eigenvalue weighted by molar-refractivity contribution is -0.135. The molecule has 1 N–H and O–H groups in total. The lowest BCUT2D eigenvalue weighted by Crippen LogP contribution is -2.42. The molecule has 0 spiro atoms. The third-order valence-electron chi connectivity index (χ3n) is 5.60. The van der Waals surface area contributed by atoms with Crippen LogP contribution in [0, 0.1) is 0 Å². The van der Waals surface area contributed by atoms with Gasteiger partial charge in [-0.3, -0.25) is 9.59 Å². The van der Waals surface area contributed by atoms with Crippen LogP contribution in [0.2, 0.25) is 0 Å². The Bertz CT molecular complexity index is 1160. The van der Waals surface area contributed by atoms with Crippen molar-refractivity contribution in [1.82, 2.24) is 9.80 Å². The second kappa shape index (κ2) is 9.91. The summed E-state index contributed by atoms with van der Waals surface area (Å²) in [5.74, 6) is 1.41. The van der Waals surface area contributed by atoms with E-state index in [9.17, 15) is 9.59 Å². The van der Waals surface area contributed by atoms with E-state index in [1.807, 2.05) is 49.4 Å². The molecular weight excluding hydrogens is 434 g/mol. The summed E-state index contributed by atoms with van der Waals surface area (Å²) in [6.45, 7) is 4.31. The molecule has 2 aromatic carbocycles. The molecule has 8 heteroatoms. The predicted molar refractivity (Wildman–Crippen MR) is 128 cm³/mol. The maximum absolute atomic E-state index is 13.4. The van der Waals surface area contributed by atoms with Gasteiger partial charge in [0.25, 0.3) is 11.8 Å². The minimum Gasteiger partial charge on any atom is -0.490 e. The molecule has 0 radical (unpaired) electrons.